The van der Waals surface area contributed by atoms with Gasteiger partial charge in [-0.05, 0) is 41.5 Å². The first-order chi connectivity index (χ1) is 18.2. The molecule has 1 aliphatic carbocycles. The number of aliphatic carboxylic acids is 1. The van der Waals surface area contributed by atoms with E-state index in [9.17, 15) is 35.1 Å². The van der Waals surface area contributed by atoms with E-state index in [0.717, 1.165) is 22.3 Å². The van der Waals surface area contributed by atoms with Crippen LogP contribution in [0.15, 0.2) is 48.5 Å². The van der Waals surface area contributed by atoms with Crippen LogP contribution in [-0.4, -0.2) is 94.0 Å². The van der Waals surface area contributed by atoms with Gasteiger partial charge in [-0.1, -0.05) is 48.5 Å². The maximum Gasteiger partial charge on any atom is 0.407 e. The highest BCUT2D eigenvalue weighted by atomic mass is 16.6. The zero-order valence-electron chi connectivity index (χ0n) is 20.8. The third-order valence-corrected chi connectivity index (χ3v) is 7.12. The number of carboxylic acid groups (broad SMARTS) is 1. The molecule has 0 saturated carbocycles. The van der Waals surface area contributed by atoms with E-state index >= 15 is 0 Å². The molecule has 4 unspecified atom stereocenters. The molecule has 7 N–H and O–H groups in total. The third kappa shape index (κ3) is 6.15. The minimum atomic E-state index is -2.24. The molecule has 2 aromatic carbocycles. The highest BCUT2D eigenvalue weighted by molar-refractivity contribution is 5.79. The molecule has 1 fully saturated rings. The third-order valence-electron chi connectivity index (χ3n) is 7.12. The van der Waals surface area contributed by atoms with Crippen molar-refractivity contribution in [2.75, 3.05) is 26.3 Å². The minimum absolute atomic E-state index is 0.0404. The molecule has 11 heteroatoms. The fourth-order valence-electron chi connectivity index (χ4n) is 4.94. The summed E-state index contributed by atoms with van der Waals surface area (Å²) in [6, 6.07) is 15.1. The summed E-state index contributed by atoms with van der Waals surface area (Å²) in [4.78, 5) is 23.9. The van der Waals surface area contributed by atoms with Gasteiger partial charge < -0.3 is 40.3 Å². The first kappa shape index (κ1) is 28.0. The van der Waals surface area contributed by atoms with Crippen LogP contribution in [0.25, 0.3) is 11.1 Å². The molecule has 4 rings (SSSR count). The second-order valence-corrected chi connectivity index (χ2v) is 9.68. The number of ether oxygens (including phenoxy) is 2. The van der Waals surface area contributed by atoms with Gasteiger partial charge in [-0.3, -0.25) is 10.1 Å². The molecular formula is C27H34N2O9. The van der Waals surface area contributed by atoms with Gasteiger partial charge in [-0.15, -0.1) is 0 Å². The molecular weight excluding hydrogens is 496 g/mol. The van der Waals surface area contributed by atoms with Gasteiger partial charge in [0.2, 0.25) is 5.79 Å². The lowest BCUT2D eigenvalue weighted by molar-refractivity contribution is -0.318. The predicted octanol–water partition coefficient (Wildman–Crippen LogP) is 0.540. The summed E-state index contributed by atoms with van der Waals surface area (Å²) < 4.78 is 10.5. The fraction of sp³-hybridized carbons (Fsp3) is 0.481. The van der Waals surface area contributed by atoms with Crippen molar-refractivity contribution < 1.29 is 44.6 Å². The van der Waals surface area contributed by atoms with Crippen LogP contribution in [0.2, 0.25) is 0 Å². The molecule has 0 spiro atoms. The van der Waals surface area contributed by atoms with E-state index in [1.165, 1.54) is 0 Å². The second-order valence-electron chi connectivity index (χ2n) is 9.68. The van der Waals surface area contributed by atoms with Crippen molar-refractivity contribution in [2.24, 2.45) is 0 Å². The normalized spacial score (nSPS) is 25.3. The Morgan fingerprint density at radius 3 is 2.29 bits per heavy atom. The molecule has 11 nitrogen and oxygen atoms in total. The van der Waals surface area contributed by atoms with Crippen molar-refractivity contribution in [3.63, 3.8) is 0 Å². The van der Waals surface area contributed by atoms with Crippen LogP contribution in [0.1, 0.15) is 36.3 Å². The number of aliphatic hydroxyl groups is 4. The number of nitrogens with one attached hydrogen (secondary N) is 2. The molecule has 1 saturated heterocycles. The van der Waals surface area contributed by atoms with Gasteiger partial charge in [-0.25, -0.2) is 4.79 Å². The topological polar surface area (TPSA) is 178 Å². The Bertz CT molecular complexity index is 1080. The molecule has 0 aromatic heterocycles. The Balaban J connectivity index is 1.17. The van der Waals surface area contributed by atoms with Gasteiger partial charge in [0.25, 0.3) is 0 Å². The quantitative estimate of drug-likeness (QED) is 0.203. The maximum atomic E-state index is 12.3. The average molecular weight is 531 g/mol. The Labute approximate surface area is 220 Å². The zero-order valence-corrected chi connectivity index (χ0v) is 20.8. The number of carboxylic acids is 1. The van der Waals surface area contributed by atoms with Crippen molar-refractivity contribution in [2.45, 2.75) is 55.3 Å². The van der Waals surface area contributed by atoms with Crippen LogP contribution >= 0.6 is 0 Å². The van der Waals surface area contributed by atoms with Crippen molar-refractivity contribution in [3.8, 4) is 11.1 Å². The summed E-state index contributed by atoms with van der Waals surface area (Å²) in [5, 5.41) is 54.5. The molecule has 38 heavy (non-hydrogen) atoms. The molecule has 0 bridgehead atoms. The van der Waals surface area contributed by atoms with Gasteiger partial charge in [0.1, 0.15) is 31.0 Å². The summed E-state index contributed by atoms with van der Waals surface area (Å²) in [5.74, 6) is -3.44. The number of hydrogen-bond acceptors (Lipinski definition) is 9. The number of hydrogen-bond donors (Lipinski definition) is 7. The van der Waals surface area contributed by atoms with E-state index in [-0.39, 0.29) is 18.9 Å². The van der Waals surface area contributed by atoms with Crippen LogP contribution in [0.5, 0.6) is 0 Å². The highest BCUT2D eigenvalue weighted by Gasteiger charge is 2.48. The number of rotatable bonds is 11. The van der Waals surface area contributed by atoms with Crippen LogP contribution in [-0.2, 0) is 14.3 Å². The summed E-state index contributed by atoms with van der Waals surface area (Å²) >= 11 is 0. The highest BCUT2D eigenvalue weighted by Crippen LogP contribution is 2.44. The second kappa shape index (κ2) is 12.2. The van der Waals surface area contributed by atoms with Crippen molar-refractivity contribution in [1.29, 1.82) is 0 Å². The molecule has 1 aliphatic heterocycles. The molecule has 0 radical (unpaired) electrons. The Kier molecular flexibility index (Phi) is 8.98. The van der Waals surface area contributed by atoms with Gasteiger partial charge in [-0.2, -0.15) is 0 Å². The number of fused-ring (bicyclic) bond motifs is 3. The van der Waals surface area contributed by atoms with E-state index < -0.39 is 55.4 Å². The van der Waals surface area contributed by atoms with Crippen LogP contribution in [0.3, 0.4) is 0 Å². The minimum Gasteiger partial charge on any atom is -0.480 e. The van der Waals surface area contributed by atoms with Crippen molar-refractivity contribution in [3.05, 3.63) is 59.7 Å². The molecule has 1 amide bonds. The summed E-state index contributed by atoms with van der Waals surface area (Å²) in [7, 11) is 0. The smallest absolute Gasteiger partial charge is 0.407 e. The largest absolute Gasteiger partial charge is 0.480 e. The van der Waals surface area contributed by atoms with E-state index in [2.05, 4.69) is 22.8 Å². The van der Waals surface area contributed by atoms with E-state index in [0.29, 0.717) is 19.4 Å². The van der Waals surface area contributed by atoms with E-state index in [4.69, 9.17) is 9.47 Å². The molecule has 1 heterocycles. The van der Waals surface area contributed by atoms with E-state index in [1.54, 1.807) is 0 Å². The number of unbranched alkanes of at least 4 members (excludes halogenated alkanes) is 1. The SMILES string of the molecule is O=C(NCCCC[C@H](NCC1(O)OCC(O)C(O)C1O)C(=O)O)OCC1c2ccccc2-c2ccccc21. The van der Waals surface area contributed by atoms with E-state index in [1.807, 2.05) is 36.4 Å². The number of benzene rings is 2. The van der Waals surface area contributed by atoms with Gasteiger partial charge in [0, 0.05) is 12.5 Å². The summed E-state index contributed by atoms with van der Waals surface area (Å²) in [5.41, 5.74) is 4.53. The van der Waals surface area contributed by atoms with Gasteiger partial charge in [0.05, 0.1) is 13.2 Å². The number of amides is 1. The van der Waals surface area contributed by atoms with Crippen molar-refractivity contribution in [1.82, 2.24) is 10.6 Å². The zero-order chi connectivity index (χ0) is 27.3. The number of carbonyl (C=O) groups is 2. The molecule has 206 valence electrons. The first-order valence-electron chi connectivity index (χ1n) is 12.7. The monoisotopic (exact) mass is 530 g/mol. The number of aliphatic hydroxyl groups excluding tert-OH is 3. The van der Waals surface area contributed by atoms with Crippen LogP contribution in [0, 0.1) is 0 Å². The first-order valence-corrected chi connectivity index (χ1v) is 12.7. The lowest BCUT2D eigenvalue weighted by Gasteiger charge is -2.42. The van der Waals surface area contributed by atoms with Crippen molar-refractivity contribution >= 4 is 12.1 Å². The number of carbonyl (C=O) groups excluding carboxylic acids is 1. The lowest BCUT2D eigenvalue weighted by Crippen LogP contribution is -2.65. The molecule has 2 aliphatic rings. The van der Waals surface area contributed by atoms with Gasteiger partial charge >= 0.3 is 12.1 Å². The summed E-state index contributed by atoms with van der Waals surface area (Å²) in [6.45, 7) is -0.380. The maximum absolute atomic E-state index is 12.3. The Morgan fingerprint density at radius 1 is 1.03 bits per heavy atom. The fourth-order valence-corrected chi connectivity index (χ4v) is 4.94. The predicted molar refractivity (Wildman–Crippen MR) is 135 cm³/mol. The van der Waals surface area contributed by atoms with Gasteiger partial charge in [0.15, 0.2) is 0 Å². The lowest BCUT2D eigenvalue weighted by atomic mass is 9.96. The number of alkyl carbamates (subject to hydrolysis) is 1. The Hall–Kier alpha value is -3.06. The Morgan fingerprint density at radius 2 is 1.66 bits per heavy atom. The molecule has 2 aromatic rings. The molecule has 5 atom stereocenters. The average Bonchev–Trinajstić information content (AvgIpc) is 3.23. The van der Waals surface area contributed by atoms with Crippen LogP contribution in [0.4, 0.5) is 4.79 Å². The van der Waals surface area contributed by atoms with Crippen LogP contribution < -0.4 is 10.6 Å². The summed E-state index contributed by atoms with van der Waals surface area (Å²) in [6.07, 6.45) is -4.23. The standard InChI is InChI=1S/C27H34N2O9/c30-22-14-38-27(36,24(32)23(22)31)15-29-21(25(33)34)11-5-6-12-28-26(35)37-13-20-18-9-3-1-7-16(18)17-8-2-4-10-19(17)20/h1-4,7-10,20-24,29-32,36H,5-6,11-15H2,(H,28,35)(H,33,34)/t21-,22?,23?,24?,27?/m0/s1.